The van der Waals surface area contributed by atoms with Gasteiger partial charge in [-0.05, 0) is 17.7 Å². The van der Waals surface area contributed by atoms with Crippen molar-refractivity contribution in [2.45, 2.75) is 13.3 Å². The van der Waals surface area contributed by atoms with Crippen molar-refractivity contribution in [2.24, 2.45) is 0 Å². The summed E-state index contributed by atoms with van der Waals surface area (Å²) in [6.07, 6.45) is 1.92. The molecule has 0 fully saturated rings. The number of benzene rings is 1. The van der Waals surface area contributed by atoms with Crippen LogP contribution in [0, 0.1) is 0 Å². The zero-order chi connectivity index (χ0) is 13.7. The van der Waals surface area contributed by atoms with E-state index in [1.54, 1.807) is 23.7 Å². The number of aromatic nitrogens is 1. The SMILES string of the molecule is CC(=O)Nc1ccc(CC(=O)Nc2nccs2)cc1. The van der Waals surface area contributed by atoms with Gasteiger partial charge in [0, 0.05) is 24.2 Å². The number of carbonyl (C=O) groups is 2. The van der Waals surface area contributed by atoms with E-state index in [2.05, 4.69) is 15.6 Å². The normalized spacial score (nSPS) is 9.95. The van der Waals surface area contributed by atoms with Gasteiger partial charge in [-0.1, -0.05) is 12.1 Å². The van der Waals surface area contributed by atoms with E-state index in [9.17, 15) is 9.59 Å². The Hall–Kier alpha value is -2.21. The standard InChI is InChI=1S/C13H13N3O2S/c1-9(17)15-11-4-2-10(3-5-11)8-12(18)16-13-14-6-7-19-13/h2-7H,8H2,1H3,(H,15,17)(H,14,16,18). The summed E-state index contributed by atoms with van der Waals surface area (Å²) in [7, 11) is 0. The van der Waals surface area contributed by atoms with Gasteiger partial charge in [0.1, 0.15) is 0 Å². The van der Waals surface area contributed by atoms with Crippen molar-refractivity contribution < 1.29 is 9.59 Å². The van der Waals surface area contributed by atoms with E-state index in [1.165, 1.54) is 18.3 Å². The molecule has 0 atom stereocenters. The summed E-state index contributed by atoms with van der Waals surface area (Å²) in [5.74, 6) is -0.225. The van der Waals surface area contributed by atoms with Gasteiger partial charge in [0.15, 0.2) is 5.13 Å². The molecule has 2 rings (SSSR count). The molecule has 0 aliphatic heterocycles. The van der Waals surface area contributed by atoms with Crippen LogP contribution in [-0.2, 0) is 16.0 Å². The molecule has 0 bridgehead atoms. The van der Waals surface area contributed by atoms with Crippen LogP contribution in [0.2, 0.25) is 0 Å². The summed E-state index contributed by atoms with van der Waals surface area (Å²) in [6.45, 7) is 1.45. The van der Waals surface area contributed by atoms with Gasteiger partial charge in [0.2, 0.25) is 11.8 Å². The predicted molar refractivity (Wildman–Crippen MR) is 75.2 cm³/mol. The van der Waals surface area contributed by atoms with Crippen molar-refractivity contribution in [2.75, 3.05) is 10.6 Å². The van der Waals surface area contributed by atoms with Crippen molar-refractivity contribution in [1.29, 1.82) is 0 Å². The molecule has 0 radical (unpaired) electrons. The Morgan fingerprint density at radius 1 is 1.21 bits per heavy atom. The molecule has 6 heteroatoms. The van der Waals surface area contributed by atoms with Crippen LogP contribution in [0.15, 0.2) is 35.8 Å². The molecule has 5 nitrogen and oxygen atoms in total. The summed E-state index contributed by atoms with van der Waals surface area (Å²) in [5.41, 5.74) is 1.60. The minimum Gasteiger partial charge on any atom is -0.326 e. The molecule has 1 aromatic heterocycles. The maximum Gasteiger partial charge on any atom is 0.230 e. The summed E-state index contributed by atoms with van der Waals surface area (Å²) in [5, 5.41) is 7.79. The third-order valence-corrected chi connectivity index (χ3v) is 3.01. The first-order valence-corrected chi connectivity index (χ1v) is 6.57. The highest BCUT2D eigenvalue weighted by Crippen LogP contribution is 2.13. The first-order valence-electron chi connectivity index (χ1n) is 5.69. The average Bonchev–Trinajstić information content (AvgIpc) is 2.83. The number of hydrogen-bond acceptors (Lipinski definition) is 4. The van der Waals surface area contributed by atoms with Crippen LogP contribution >= 0.6 is 11.3 Å². The molecular formula is C13H13N3O2S. The summed E-state index contributed by atoms with van der Waals surface area (Å²) in [6, 6.07) is 7.17. The minimum absolute atomic E-state index is 0.109. The number of nitrogens with one attached hydrogen (secondary N) is 2. The summed E-state index contributed by atoms with van der Waals surface area (Å²) < 4.78 is 0. The topological polar surface area (TPSA) is 71.1 Å². The largest absolute Gasteiger partial charge is 0.326 e. The number of thiazole rings is 1. The number of nitrogens with zero attached hydrogens (tertiary/aromatic N) is 1. The number of anilines is 2. The van der Waals surface area contributed by atoms with E-state index in [0.29, 0.717) is 5.13 Å². The molecule has 2 N–H and O–H groups in total. The molecule has 0 saturated carbocycles. The quantitative estimate of drug-likeness (QED) is 0.899. The second-order valence-corrected chi connectivity index (χ2v) is 4.83. The third-order valence-electron chi connectivity index (χ3n) is 2.32. The molecular weight excluding hydrogens is 262 g/mol. The average molecular weight is 275 g/mol. The highest BCUT2D eigenvalue weighted by molar-refractivity contribution is 7.13. The van der Waals surface area contributed by atoms with Crippen LogP contribution in [-0.4, -0.2) is 16.8 Å². The number of carbonyl (C=O) groups excluding carboxylic acids is 2. The fraction of sp³-hybridized carbons (Fsp3) is 0.154. The minimum atomic E-state index is -0.116. The molecule has 0 saturated heterocycles. The molecule has 1 heterocycles. The first-order chi connectivity index (χ1) is 9.13. The van der Waals surface area contributed by atoms with E-state index in [-0.39, 0.29) is 18.2 Å². The highest BCUT2D eigenvalue weighted by atomic mass is 32.1. The lowest BCUT2D eigenvalue weighted by atomic mass is 10.1. The van der Waals surface area contributed by atoms with Gasteiger partial charge >= 0.3 is 0 Å². The molecule has 2 amide bonds. The molecule has 0 spiro atoms. The molecule has 1 aromatic carbocycles. The van der Waals surface area contributed by atoms with Crippen molar-refractivity contribution in [3.05, 3.63) is 41.4 Å². The van der Waals surface area contributed by atoms with Crippen molar-refractivity contribution in [1.82, 2.24) is 4.98 Å². The van der Waals surface area contributed by atoms with Gasteiger partial charge in [-0.2, -0.15) is 0 Å². The fourth-order valence-corrected chi connectivity index (χ4v) is 2.09. The van der Waals surface area contributed by atoms with Gasteiger partial charge in [0.05, 0.1) is 6.42 Å². The van der Waals surface area contributed by atoms with Crippen LogP contribution in [0.3, 0.4) is 0 Å². The van der Waals surface area contributed by atoms with Gasteiger partial charge in [-0.15, -0.1) is 11.3 Å². The Balaban J connectivity index is 1.92. The lowest BCUT2D eigenvalue weighted by Crippen LogP contribution is -2.14. The molecule has 0 aliphatic carbocycles. The number of hydrogen-bond donors (Lipinski definition) is 2. The molecule has 0 aliphatic rings. The molecule has 98 valence electrons. The van der Waals surface area contributed by atoms with Gasteiger partial charge in [-0.25, -0.2) is 4.98 Å². The van der Waals surface area contributed by atoms with Gasteiger partial charge in [-0.3, -0.25) is 9.59 Å². The van der Waals surface area contributed by atoms with Crippen molar-refractivity contribution in [3.63, 3.8) is 0 Å². The smallest absolute Gasteiger partial charge is 0.230 e. The van der Waals surface area contributed by atoms with Crippen LogP contribution in [0.4, 0.5) is 10.8 Å². The van der Waals surface area contributed by atoms with Crippen molar-refractivity contribution >= 4 is 34.0 Å². The summed E-state index contributed by atoms with van der Waals surface area (Å²) >= 11 is 1.38. The highest BCUT2D eigenvalue weighted by Gasteiger charge is 2.05. The number of amides is 2. The molecule has 19 heavy (non-hydrogen) atoms. The third kappa shape index (κ3) is 4.18. The Morgan fingerprint density at radius 3 is 2.53 bits per heavy atom. The molecule has 2 aromatic rings. The van der Waals surface area contributed by atoms with Crippen LogP contribution in [0.25, 0.3) is 0 Å². The Labute approximate surface area is 114 Å². The second-order valence-electron chi connectivity index (χ2n) is 3.94. The van der Waals surface area contributed by atoms with Crippen LogP contribution in [0.1, 0.15) is 12.5 Å². The van der Waals surface area contributed by atoms with E-state index in [4.69, 9.17) is 0 Å². The zero-order valence-corrected chi connectivity index (χ0v) is 11.2. The van der Waals surface area contributed by atoms with E-state index < -0.39 is 0 Å². The van der Waals surface area contributed by atoms with Gasteiger partial charge in [0.25, 0.3) is 0 Å². The van der Waals surface area contributed by atoms with Crippen LogP contribution in [0.5, 0.6) is 0 Å². The van der Waals surface area contributed by atoms with E-state index in [0.717, 1.165) is 11.3 Å². The van der Waals surface area contributed by atoms with Gasteiger partial charge < -0.3 is 10.6 Å². The van der Waals surface area contributed by atoms with E-state index >= 15 is 0 Å². The molecule has 0 unspecified atom stereocenters. The second kappa shape index (κ2) is 6.10. The maximum absolute atomic E-state index is 11.7. The summed E-state index contributed by atoms with van der Waals surface area (Å²) in [4.78, 5) is 26.6. The first kappa shape index (κ1) is 13.2. The Morgan fingerprint density at radius 2 is 1.95 bits per heavy atom. The Kier molecular flexibility index (Phi) is 4.25. The maximum atomic E-state index is 11.7. The van der Waals surface area contributed by atoms with Crippen molar-refractivity contribution in [3.8, 4) is 0 Å². The lowest BCUT2D eigenvalue weighted by molar-refractivity contribution is -0.116. The fourth-order valence-electron chi connectivity index (χ4n) is 1.54. The monoisotopic (exact) mass is 275 g/mol. The Bertz CT molecular complexity index is 564. The predicted octanol–water partition coefficient (Wildman–Crippen LogP) is 2.28. The van der Waals surface area contributed by atoms with E-state index in [1.807, 2.05) is 12.1 Å². The zero-order valence-electron chi connectivity index (χ0n) is 10.3. The number of rotatable bonds is 4. The lowest BCUT2D eigenvalue weighted by Gasteiger charge is -2.04. The van der Waals surface area contributed by atoms with Crippen LogP contribution < -0.4 is 10.6 Å².